The van der Waals surface area contributed by atoms with E-state index in [1.54, 1.807) is 0 Å². The number of fused-ring (bicyclic) bond motifs is 1. The molecule has 0 radical (unpaired) electrons. The molecule has 0 spiro atoms. The average Bonchev–Trinajstić information content (AvgIpc) is 2.78. The summed E-state index contributed by atoms with van der Waals surface area (Å²) in [7, 11) is 1.93. The number of aromatic nitrogens is 3. The Bertz CT molecular complexity index is 680. The molecule has 2 aromatic rings. The first-order valence-electron chi connectivity index (χ1n) is 6.94. The molecule has 0 amide bonds. The van der Waals surface area contributed by atoms with Crippen LogP contribution in [-0.4, -0.2) is 37.3 Å². The van der Waals surface area contributed by atoms with E-state index in [4.69, 9.17) is 0 Å². The summed E-state index contributed by atoms with van der Waals surface area (Å²) in [6.45, 7) is 3.75. The van der Waals surface area contributed by atoms with Gasteiger partial charge in [-0.2, -0.15) is 0 Å². The number of aliphatic carboxylic acids is 1. The van der Waals surface area contributed by atoms with Gasteiger partial charge in [0.1, 0.15) is 11.6 Å². The van der Waals surface area contributed by atoms with Gasteiger partial charge in [0.25, 0.3) is 0 Å². The lowest BCUT2D eigenvalue weighted by molar-refractivity contribution is -0.139. The van der Waals surface area contributed by atoms with Gasteiger partial charge >= 0.3 is 5.97 Å². The molecule has 0 saturated heterocycles. The van der Waals surface area contributed by atoms with Crippen molar-refractivity contribution in [2.24, 2.45) is 7.05 Å². The third-order valence-electron chi connectivity index (χ3n) is 4.11. The van der Waals surface area contributed by atoms with Gasteiger partial charge in [0.2, 0.25) is 0 Å². The predicted molar refractivity (Wildman–Crippen MR) is 76.7 cm³/mol. The fourth-order valence-electron chi connectivity index (χ4n) is 2.80. The van der Waals surface area contributed by atoms with Crippen LogP contribution in [0, 0.1) is 6.92 Å². The van der Waals surface area contributed by atoms with Gasteiger partial charge < -0.3 is 9.67 Å². The third-order valence-corrected chi connectivity index (χ3v) is 4.11. The highest BCUT2D eigenvalue weighted by molar-refractivity contribution is 5.77. The Morgan fingerprint density at radius 1 is 1.38 bits per heavy atom. The van der Waals surface area contributed by atoms with Crippen LogP contribution >= 0.6 is 0 Å². The second-order valence-electron chi connectivity index (χ2n) is 5.48. The molecule has 6 heteroatoms. The van der Waals surface area contributed by atoms with Crippen LogP contribution in [0.1, 0.15) is 28.7 Å². The molecule has 6 nitrogen and oxygen atoms in total. The van der Waals surface area contributed by atoms with Gasteiger partial charge in [0.05, 0.1) is 12.5 Å². The monoisotopic (exact) mass is 286 g/mol. The lowest BCUT2D eigenvalue weighted by Crippen LogP contribution is -2.37. The van der Waals surface area contributed by atoms with E-state index in [-0.39, 0.29) is 0 Å². The Labute approximate surface area is 123 Å². The van der Waals surface area contributed by atoms with E-state index in [0.717, 1.165) is 29.3 Å². The molecule has 0 saturated carbocycles. The van der Waals surface area contributed by atoms with Gasteiger partial charge in [-0.1, -0.05) is 24.3 Å². The molecule has 3 rings (SSSR count). The first kappa shape index (κ1) is 13.8. The van der Waals surface area contributed by atoms with Crippen molar-refractivity contribution < 1.29 is 9.90 Å². The first-order valence-corrected chi connectivity index (χ1v) is 6.94. The van der Waals surface area contributed by atoms with Gasteiger partial charge in [0, 0.05) is 20.1 Å². The molecular formula is C15H18N4O2. The van der Waals surface area contributed by atoms with E-state index in [2.05, 4.69) is 15.1 Å². The minimum absolute atomic E-state index is 0.482. The van der Waals surface area contributed by atoms with Crippen molar-refractivity contribution in [1.29, 1.82) is 0 Å². The van der Waals surface area contributed by atoms with Gasteiger partial charge in [-0.15, -0.1) is 10.2 Å². The van der Waals surface area contributed by atoms with Crippen LogP contribution in [0.25, 0.3) is 0 Å². The van der Waals surface area contributed by atoms with Crippen molar-refractivity contribution in [3.05, 3.63) is 47.0 Å². The van der Waals surface area contributed by atoms with E-state index in [0.29, 0.717) is 13.1 Å². The van der Waals surface area contributed by atoms with E-state index in [1.807, 2.05) is 42.8 Å². The maximum absolute atomic E-state index is 11.5. The molecule has 0 bridgehead atoms. The average molecular weight is 286 g/mol. The molecule has 1 aromatic carbocycles. The summed E-state index contributed by atoms with van der Waals surface area (Å²) in [5.74, 6) is 0.457. The lowest BCUT2D eigenvalue weighted by Gasteiger charge is -2.32. The minimum Gasteiger partial charge on any atom is -0.481 e. The number of benzene rings is 1. The summed E-state index contributed by atoms with van der Waals surface area (Å²) in [5.41, 5.74) is 2.01. The van der Waals surface area contributed by atoms with Crippen molar-refractivity contribution in [2.75, 3.05) is 6.54 Å². The summed E-state index contributed by atoms with van der Waals surface area (Å²) in [5, 5.41) is 17.7. The molecule has 1 aliphatic heterocycles. The van der Waals surface area contributed by atoms with Crippen LogP contribution in [0.5, 0.6) is 0 Å². The molecule has 110 valence electrons. The summed E-state index contributed by atoms with van der Waals surface area (Å²) in [4.78, 5) is 13.6. The standard InChI is InChI=1S/C15H18N4O2/c1-10-16-17-14(18(10)2)9-19-7-11-5-3-4-6-12(11)13(8-19)15(20)21/h3-6,13H,7-9H2,1-2H3,(H,20,21). The van der Waals surface area contributed by atoms with Crippen LogP contribution < -0.4 is 0 Å². The summed E-state index contributed by atoms with van der Waals surface area (Å²) < 4.78 is 1.94. The second-order valence-corrected chi connectivity index (χ2v) is 5.48. The maximum Gasteiger partial charge on any atom is 0.312 e. The number of hydrogen-bond acceptors (Lipinski definition) is 4. The Morgan fingerprint density at radius 3 is 2.81 bits per heavy atom. The van der Waals surface area contributed by atoms with Gasteiger partial charge in [-0.25, -0.2) is 0 Å². The molecule has 1 aliphatic rings. The molecule has 21 heavy (non-hydrogen) atoms. The zero-order valence-electron chi connectivity index (χ0n) is 12.2. The fraction of sp³-hybridized carbons (Fsp3) is 0.400. The number of carbonyl (C=O) groups is 1. The SMILES string of the molecule is Cc1nnc(CN2Cc3ccccc3C(C(=O)O)C2)n1C. The van der Waals surface area contributed by atoms with Crippen LogP contribution in [0.4, 0.5) is 0 Å². The Kier molecular flexibility index (Phi) is 3.47. The Hall–Kier alpha value is -2.21. The zero-order valence-corrected chi connectivity index (χ0v) is 12.2. The highest BCUT2D eigenvalue weighted by Crippen LogP contribution is 2.29. The summed E-state index contributed by atoms with van der Waals surface area (Å²) in [6, 6.07) is 7.77. The molecule has 1 aromatic heterocycles. The molecule has 1 unspecified atom stereocenters. The molecule has 1 N–H and O–H groups in total. The highest BCUT2D eigenvalue weighted by atomic mass is 16.4. The molecule has 1 atom stereocenters. The first-order chi connectivity index (χ1) is 10.1. The second kappa shape index (κ2) is 5.29. The summed E-state index contributed by atoms with van der Waals surface area (Å²) in [6.07, 6.45) is 0. The van der Waals surface area contributed by atoms with Gasteiger partial charge in [0.15, 0.2) is 0 Å². The molecular weight excluding hydrogens is 268 g/mol. The van der Waals surface area contributed by atoms with Crippen molar-refractivity contribution in [2.45, 2.75) is 25.9 Å². The van der Waals surface area contributed by atoms with Crippen molar-refractivity contribution in [1.82, 2.24) is 19.7 Å². The largest absolute Gasteiger partial charge is 0.481 e. The predicted octanol–water partition coefficient (Wildman–Crippen LogP) is 1.31. The number of aryl methyl sites for hydroxylation is 1. The fourth-order valence-corrected chi connectivity index (χ4v) is 2.80. The van der Waals surface area contributed by atoms with E-state index in [9.17, 15) is 9.90 Å². The highest BCUT2D eigenvalue weighted by Gasteiger charge is 2.30. The maximum atomic E-state index is 11.5. The lowest BCUT2D eigenvalue weighted by atomic mass is 9.90. The number of rotatable bonds is 3. The molecule has 0 aliphatic carbocycles. The topological polar surface area (TPSA) is 71.2 Å². The number of nitrogens with zero attached hydrogens (tertiary/aromatic N) is 4. The summed E-state index contributed by atoms with van der Waals surface area (Å²) >= 11 is 0. The van der Waals surface area contributed by atoms with Crippen LogP contribution in [0.15, 0.2) is 24.3 Å². The van der Waals surface area contributed by atoms with Crippen molar-refractivity contribution >= 4 is 5.97 Å². The quantitative estimate of drug-likeness (QED) is 0.921. The Balaban J connectivity index is 1.86. The van der Waals surface area contributed by atoms with Crippen LogP contribution in [0.2, 0.25) is 0 Å². The normalized spacial score (nSPS) is 18.5. The molecule has 2 heterocycles. The van der Waals surface area contributed by atoms with Gasteiger partial charge in [-0.3, -0.25) is 9.69 Å². The van der Waals surface area contributed by atoms with Crippen molar-refractivity contribution in [3.63, 3.8) is 0 Å². The van der Waals surface area contributed by atoms with E-state index in [1.165, 1.54) is 0 Å². The van der Waals surface area contributed by atoms with Crippen molar-refractivity contribution in [3.8, 4) is 0 Å². The van der Waals surface area contributed by atoms with E-state index < -0.39 is 11.9 Å². The van der Waals surface area contributed by atoms with Crippen LogP contribution in [0.3, 0.4) is 0 Å². The number of carboxylic acids is 1. The van der Waals surface area contributed by atoms with Crippen LogP contribution in [-0.2, 0) is 24.9 Å². The zero-order chi connectivity index (χ0) is 15.0. The minimum atomic E-state index is -0.777. The van der Waals surface area contributed by atoms with Gasteiger partial charge in [-0.05, 0) is 18.1 Å². The Morgan fingerprint density at radius 2 is 2.14 bits per heavy atom. The molecule has 0 fully saturated rings. The van der Waals surface area contributed by atoms with E-state index >= 15 is 0 Å². The third kappa shape index (κ3) is 2.54. The number of hydrogen-bond donors (Lipinski definition) is 1. The smallest absolute Gasteiger partial charge is 0.312 e. The number of carboxylic acid groups (broad SMARTS) is 1.